The predicted molar refractivity (Wildman–Crippen MR) is 66.3 cm³/mol. The zero-order chi connectivity index (χ0) is 12.8. The highest BCUT2D eigenvalue weighted by atomic mass is 16.5. The van der Waals surface area contributed by atoms with Crippen LogP contribution in [0.2, 0.25) is 0 Å². The summed E-state index contributed by atoms with van der Waals surface area (Å²) in [5.41, 5.74) is 6.52. The van der Waals surface area contributed by atoms with Gasteiger partial charge in [-0.1, -0.05) is 32.0 Å². The van der Waals surface area contributed by atoms with Crippen molar-refractivity contribution in [1.82, 2.24) is 0 Å². The van der Waals surface area contributed by atoms with Crippen LogP contribution in [0.15, 0.2) is 24.3 Å². The molecule has 1 atom stereocenters. The summed E-state index contributed by atoms with van der Waals surface area (Å²) in [6.45, 7) is 4.49. The molecule has 1 aromatic carbocycles. The number of carbonyl (C=O) groups is 1. The van der Waals surface area contributed by atoms with Gasteiger partial charge in [-0.05, 0) is 17.5 Å². The second-order valence-corrected chi connectivity index (χ2v) is 4.27. The molecule has 94 valence electrons. The third kappa shape index (κ3) is 4.07. The Morgan fingerprint density at radius 1 is 1.41 bits per heavy atom. The zero-order valence-corrected chi connectivity index (χ0v) is 10.2. The molecule has 4 nitrogen and oxygen atoms in total. The number of para-hydroxylation sites is 1. The maximum absolute atomic E-state index is 10.5. The van der Waals surface area contributed by atoms with Crippen LogP contribution in [0.1, 0.15) is 31.7 Å². The fraction of sp³-hybridized carbons (Fsp3) is 0.462. The minimum Gasteiger partial charge on any atom is -0.493 e. The molecule has 0 heterocycles. The molecule has 0 aromatic heterocycles. The van der Waals surface area contributed by atoms with Crippen molar-refractivity contribution in [3.05, 3.63) is 29.8 Å². The molecule has 17 heavy (non-hydrogen) atoms. The van der Waals surface area contributed by atoms with Crippen molar-refractivity contribution in [2.45, 2.75) is 32.2 Å². The van der Waals surface area contributed by atoms with Crippen LogP contribution >= 0.6 is 0 Å². The normalized spacial score (nSPS) is 12.5. The van der Waals surface area contributed by atoms with Gasteiger partial charge in [-0.3, -0.25) is 4.79 Å². The van der Waals surface area contributed by atoms with Crippen LogP contribution in [-0.2, 0) is 4.79 Å². The summed E-state index contributed by atoms with van der Waals surface area (Å²) in [7, 11) is 0. The molecule has 0 radical (unpaired) electrons. The van der Waals surface area contributed by atoms with Gasteiger partial charge in [0.15, 0.2) is 0 Å². The lowest BCUT2D eigenvalue weighted by Crippen LogP contribution is -2.31. The van der Waals surface area contributed by atoms with Gasteiger partial charge in [0.25, 0.3) is 0 Å². The van der Waals surface area contributed by atoms with Crippen LogP contribution in [-0.4, -0.2) is 23.7 Å². The molecular weight excluding hydrogens is 218 g/mol. The van der Waals surface area contributed by atoms with E-state index < -0.39 is 12.0 Å². The molecule has 1 aromatic rings. The van der Waals surface area contributed by atoms with Crippen LogP contribution in [0.4, 0.5) is 0 Å². The minimum absolute atomic E-state index is 0.307. The Morgan fingerprint density at radius 2 is 2.06 bits per heavy atom. The maximum Gasteiger partial charge on any atom is 0.320 e. The van der Waals surface area contributed by atoms with Crippen LogP contribution in [0.25, 0.3) is 0 Å². The first kappa shape index (κ1) is 13.5. The number of carboxylic acids is 1. The standard InChI is InChI=1S/C13H19NO3/c1-9(2)10-5-3-4-6-12(10)17-8-7-11(14)13(15)16/h3-6,9,11H,7-8,14H2,1-2H3,(H,15,16). The summed E-state index contributed by atoms with van der Waals surface area (Å²) in [5.74, 6) is 0.185. The molecule has 4 heteroatoms. The van der Waals surface area contributed by atoms with Crippen molar-refractivity contribution in [2.24, 2.45) is 5.73 Å². The molecule has 0 aliphatic carbocycles. The molecule has 0 amide bonds. The number of benzene rings is 1. The first-order valence-electron chi connectivity index (χ1n) is 5.72. The number of ether oxygens (including phenoxy) is 1. The average Bonchev–Trinajstić information content (AvgIpc) is 2.29. The summed E-state index contributed by atoms with van der Waals surface area (Å²) < 4.78 is 5.58. The summed E-state index contributed by atoms with van der Waals surface area (Å²) in [6.07, 6.45) is 0.307. The van der Waals surface area contributed by atoms with Crippen molar-refractivity contribution in [1.29, 1.82) is 0 Å². The Labute approximate surface area is 101 Å². The van der Waals surface area contributed by atoms with Gasteiger partial charge in [0.05, 0.1) is 6.61 Å². The lowest BCUT2D eigenvalue weighted by molar-refractivity contribution is -0.138. The molecular formula is C13H19NO3. The van der Waals surface area contributed by atoms with Crippen LogP contribution < -0.4 is 10.5 Å². The number of rotatable bonds is 6. The fourth-order valence-electron chi connectivity index (χ4n) is 1.51. The molecule has 0 saturated carbocycles. The second-order valence-electron chi connectivity index (χ2n) is 4.27. The van der Waals surface area contributed by atoms with E-state index in [-0.39, 0.29) is 0 Å². The van der Waals surface area contributed by atoms with Crippen LogP contribution in [0.5, 0.6) is 5.75 Å². The molecule has 0 aliphatic rings. The van der Waals surface area contributed by atoms with Crippen LogP contribution in [0, 0.1) is 0 Å². The van der Waals surface area contributed by atoms with Gasteiger partial charge in [0.1, 0.15) is 11.8 Å². The highest BCUT2D eigenvalue weighted by Gasteiger charge is 2.12. The summed E-state index contributed by atoms with van der Waals surface area (Å²) in [5, 5.41) is 8.64. The Hall–Kier alpha value is -1.55. The van der Waals surface area contributed by atoms with E-state index in [1.54, 1.807) is 0 Å². The van der Waals surface area contributed by atoms with E-state index >= 15 is 0 Å². The van der Waals surface area contributed by atoms with Crippen molar-refractivity contribution in [2.75, 3.05) is 6.61 Å². The van der Waals surface area contributed by atoms with Crippen molar-refractivity contribution in [3.8, 4) is 5.75 Å². The SMILES string of the molecule is CC(C)c1ccccc1OCCC(N)C(=O)O. The molecule has 0 saturated heterocycles. The Balaban J connectivity index is 2.55. The first-order chi connectivity index (χ1) is 8.02. The summed E-state index contributed by atoms with van der Waals surface area (Å²) >= 11 is 0. The minimum atomic E-state index is -0.995. The lowest BCUT2D eigenvalue weighted by Gasteiger charge is -2.14. The van der Waals surface area contributed by atoms with Gasteiger partial charge in [0, 0.05) is 6.42 Å². The number of hydrogen-bond donors (Lipinski definition) is 2. The van der Waals surface area contributed by atoms with E-state index in [1.165, 1.54) is 0 Å². The Bertz CT molecular complexity index is 377. The molecule has 1 rings (SSSR count). The highest BCUT2D eigenvalue weighted by Crippen LogP contribution is 2.25. The molecule has 0 bridgehead atoms. The molecule has 0 spiro atoms. The van der Waals surface area contributed by atoms with Crippen LogP contribution in [0.3, 0.4) is 0 Å². The van der Waals surface area contributed by atoms with E-state index in [2.05, 4.69) is 13.8 Å². The van der Waals surface area contributed by atoms with E-state index in [1.807, 2.05) is 24.3 Å². The fourth-order valence-corrected chi connectivity index (χ4v) is 1.51. The van der Waals surface area contributed by atoms with Crippen molar-refractivity contribution < 1.29 is 14.6 Å². The topological polar surface area (TPSA) is 72.5 Å². The zero-order valence-electron chi connectivity index (χ0n) is 10.2. The van der Waals surface area contributed by atoms with Gasteiger partial charge in [-0.25, -0.2) is 0 Å². The first-order valence-corrected chi connectivity index (χ1v) is 5.72. The molecule has 0 aliphatic heterocycles. The summed E-state index contributed by atoms with van der Waals surface area (Å²) in [6, 6.07) is 6.91. The van der Waals surface area contributed by atoms with Gasteiger partial charge in [0.2, 0.25) is 0 Å². The number of hydrogen-bond acceptors (Lipinski definition) is 3. The van der Waals surface area contributed by atoms with E-state index in [0.29, 0.717) is 18.9 Å². The Morgan fingerprint density at radius 3 is 2.65 bits per heavy atom. The number of carboxylic acid groups (broad SMARTS) is 1. The van der Waals surface area contributed by atoms with E-state index in [9.17, 15) is 4.79 Å². The number of nitrogens with two attached hydrogens (primary N) is 1. The van der Waals surface area contributed by atoms with Crippen molar-refractivity contribution >= 4 is 5.97 Å². The smallest absolute Gasteiger partial charge is 0.320 e. The van der Waals surface area contributed by atoms with Gasteiger partial charge >= 0.3 is 5.97 Å². The molecule has 1 unspecified atom stereocenters. The molecule has 3 N–H and O–H groups in total. The van der Waals surface area contributed by atoms with Crippen molar-refractivity contribution in [3.63, 3.8) is 0 Å². The summed E-state index contributed by atoms with van der Waals surface area (Å²) in [4.78, 5) is 10.5. The highest BCUT2D eigenvalue weighted by molar-refractivity contribution is 5.72. The monoisotopic (exact) mass is 237 g/mol. The predicted octanol–water partition coefficient (Wildman–Crippen LogP) is 1.99. The quantitative estimate of drug-likeness (QED) is 0.793. The lowest BCUT2D eigenvalue weighted by atomic mass is 10.0. The third-order valence-electron chi connectivity index (χ3n) is 2.54. The largest absolute Gasteiger partial charge is 0.493 e. The van der Waals surface area contributed by atoms with Gasteiger partial charge < -0.3 is 15.6 Å². The third-order valence-corrected chi connectivity index (χ3v) is 2.54. The number of aliphatic carboxylic acids is 1. The maximum atomic E-state index is 10.5. The Kier molecular flexibility index (Phi) is 4.97. The average molecular weight is 237 g/mol. The van der Waals surface area contributed by atoms with E-state index in [4.69, 9.17) is 15.6 Å². The second kappa shape index (κ2) is 6.25. The van der Waals surface area contributed by atoms with Gasteiger partial charge in [-0.2, -0.15) is 0 Å². The van der Waals surface area contributed by atoms with Gasteiger partial charge in [-0.15, -0.1) is 0 Å². The van der Waals surface area contributed by atoms with E-state index in [0.717, 1.165) is 11.3 Å². The molecule has 0 fully saturated rings.